The van der Waals surface area contributed by atoms with Crippen molar-refractivity contribution in [2.45, 2.75) is 39.8 Å². The van der Waals surface area contributed by atoms with Gasteiger partial charge in [-0.1, -0.05) is 26.8 Å². The first-order valence-corrected chi connectivity index (χ1v) is 6.91. The van der Waals surface area contributed by atoms with Gasteiger partial charge < -0.3 is 14.5 Å². The van der Waals surface area contributed by atoms with Crippen molar-refractivity contribution in [3.63, 3.8) is 0 Å². The smallest absolute Gasteiger partial charge is 0.134 e. The van der Waals surface area contributed by atoms with Crippen molar-refractivity contribution in [1.82, 2.24) is 5.32 Å². The third-order valence-electron chi connectivity index (χ3n) is 3.39. The Bertz CT molecular complexity index is 543. The summed E-state index contributed by atoms with van der Waals surface area (Å²) in [5.41, 5.74) is 3.45. The van der Waals surface area contributed by atoms with Crippen LogP contribution in [0.4, 0.5) is 0 Å². The highest BCUT2D eigenvalue weighted by atomic mass is 16.5. The SMILES string of the molecule is CCNCc1oc2ccc(C(C)C)cc2c1COC. The van der Waals surface area contributed by atoms with E-state index in [2.05, 4.69) is 44.3 Å². The van der Waals surface area contributed by atoms with E-state index in [1.807, 2.05) is 0 Å². The van der Waals surface area contributed by atoms with Crippen molar-refractivity contribution in [2.75, 3.05) is 13.7 Å². The molecule has 0 bridgehead atoms. The number of hydrogen-bond donors (Lipinski definition) is 1. The van der Waals surface area contributed by atoms with E-state index >= 15 is 0 Å². The molecule has 19 heavy (non-hydrogen) atoms. The van der Waals surface area contributed by atoms with Crippen molar-refractivity contribution in [3.8, 4) is 0 Å². The molecule has 3 nitrogen and oxygen atoms in total. The van der Waals surface area contributed by atoms with Crippen LogP contribution >= 0.6 is 0 Å². The van der Waals surface area contributed by atoms with E-state index in [4.69, 9.17) is 9.15 Å². The number of rotatable bonds is 6. The first-order chi connectivity index (χ1) is 9.17. The fourth-order valence-corrected chi connectivity index (χ4v) is 2.26. The lowest BCUT2D eigenvalue weighted by molar-refractivity contribution is 0.183. The van der Waals surface area contributed by atoms with Crippen LogP contribution in [-0.2, 0) is 17.9 Å². The first-order valence-electron chi connectivity index (χ1n) is 6.91. The van der Waals surface area contributed by atoms with Crippen molar-refractivity contribution < 1.29 is 9.15 Å². The number of nitrogens with one attached hydrogen (secondary N) is 1. The molecule has 0 fully saturated rings. The number of hydrogen-bond acceptors (Lipinski definition) is 3. The number of methoxy groups -OCH3 is 1. The molecule has 1 heterocycles. The number of furan rings is 1. The highest BCUT2D eigenvalue weighted by molar-refractivity contribution is 5.83. The molecule has 0 aliphatic carbocycles. The van der Waals surface area contributed by atoms with Gasteiger partial charge in [0, 0.05) is 18.1 Å². The summed E-state index contributed by atoms with van der Waals surface area (Å²) in [5, 5.41) is 4.49. The minimum absolute atomic E-state index is 0.520. The Balaban J connectivity index is 2.48. The van der Waals surface area contributed by atoms with Crippen molar-refractivity contribution in [1.29, 1.82) is 0 Å². The average Bonchev–Trinajstić information content (AvgIpc) is 2.74. The normalized spacial score (nSPS) is 11.6. The number of ether oxygens (including phenoxy) is 1. The number of fused-ring (bicyclic) bond motifs is 1. The molecule has 1 aromatic carbocycles. The Hall–Kier alpha value is -1.32. The molecule has 104 valence electrons. The van der Waals surface area contributed by atoms with Crippen molar-refractivity contribution in [3.05, 3.63) is 35.1 Å². The summed E-state index contributed by atoms with van der Waals surface area (Å²) in [7, 11) is 1.72. The van der Waals surface area contributed by atoms with E-state index in [-0.39, 0.29) is 0 Å². The second-order valence-corrected chi connectivity index (χ2v) is 5.13. The average molecular weight is 261 g/mol. The summed E-state index contributed by atoms with van der Waals surface area (Å²) >= 11 is 0. The van der Waals surface area contributed by atoms with Gasteiger partial charge in [-0.05, 0) is 30.2 Å². The maximum absolute atomic E-state index is 5.95. The summed E-state index contributed by atoms with van der Waals surface area (Å²) in [4.78, 5) is 0. The molecule has 0 radical (unpaired) electrons. The van der Waals surface area contributed by atoms with Crippen LogP contribution in [0.1, 0.15) is 43.6 Å². The molecule has 0 spiro atoms. The highest BCUT2D eigenvalue weighted by Gasteiger charge is 2.14. The number of benzene rings is 1. The second kappa shape index (κ2) is 6.22. The van der Waals surface area contributed by atoms with Crippen molar-refractivity contribution in [2.24, 2.45) is 0 Å². The van der Waals surface area contributed by atoms with E-state index in [9.17, 15) is 0 Å². The van der Waals surface area contributed by atoms with Gasteiger partial charge in [0.25, 0.3) is 0 Å². The van der Waals surface area contributed by atoms with Crippen LogP contribution in [0.5, 0.6) is 0 Å². The molecule has 1 aromatic heterocycles. The zero-order valence-electron chi connectivity index (χ0n) is 12.2. The Morgan fingerprint density at radius 2 is 2.11 bits per heavy atom. The highest BCUT2D eigenvalue weighted by Crippen LogP contribution is 2.29. The predicted molar refractivity (Wildman–Crippen MR) is 78.4 cm³/mol. The lowest BCUT2D eigenvalue weighted by Crippen LogP contribution is -2.12. The van der Waals surface area contributed by atoms with Crippen molar-refractivity contribution >= 4 is 11.0 Å². The maximum atomic E-state index is 5.95. The zero-order chi connectivity index (χ0) is 13.8. The summed E-state index contributed by atoms with van der Waals surface area (Å²) in [5.74, 6) is 1.51. The summed E-state index contributed by atoms with van der Waals surface area (Å²) in [6.07, 6.45) is 0. The van der Waals surface area contributed by atoms with E-state index in [1.54, 1.807) is 7.11 Å². The Morgan fingerprint density at radius 3 is 2.74 bits per heavy atom. The van der Waals surface area contributed by atoms with Gasteiger partial charge in [-0.2, -0.15) is 0 Å². The van der Waals surface area contributed by atoms with Crippen LogP contribution in [0.3, 0.4) is 0 Å². The molecule has 1 N–H and O–H groups in total. The molecule has 0 atom stereocenters. The lowest BCUT2D eigenvalue weighted by Gasteiger charge is -2.05. The molecule has 2 aromatic rings. The van der Waals surface area contributed by atoms with Crippen LogP contribution in [0.15, 0.2) is 22.6 Å². The van der Waals surface area contributed by atoms with E-state index < -0.39 is 0 Å². The van der Waals surface area contributed by atoms with E-state index in [0.29, 0.717) is 12.5 Å². The van der Waals surface area contributed by atoms with Crippen LogP contribution in [0.25, 0.3) is 11.0 Å². The zero-order valence-corrected chi connectivity index (χ0v) is 12.2. The van der Waals surface area contributed by atoms with Gasteiger partial charge in [0.2, 0.25) is 0 Å². The molecule has 0 saturated carbocycles. The molecule has 0 aliphatic heterocycles. The summed E-state index contributed by atoms with van der Waals surface area (Å²) in [6, 6.07) is 6.44. The topological polar surface area (TPSA) is 34.4 Å². The van der Waals surface area contributed by atoms with Gasteiger partial charge in [-0.25, -0.2) is 0 Å². The third-order valence-corrected chi connectivity index (χ3v) is 3.39. The quantitative estimate of drug-likeness (QED) is 0.858. The van der Waals surface area contributed by atoms with Gasteiger partial charge in [-0.15, -0.1) is 0 Å². The van der Waals surface area contributed by atoms with Gasteiger partial charge in [0.1, 0.15) is 11.3 Å². The van der Waals surface area contributed by atoms with Gasteiger partial charge in [-0.3, -0.25) is 0 Å². The molecule has 3 heteroatoms. The van der Waals surface area contributed by atoms with Crippen LogP contribution in [-0.4, -0.2) is 13.7 Å². The van der Waals surface area contributed by atoms with Gasteiger partial charge in [0.05, 0.1) is 13.2 Å². The molecular formula is C16H23NO2. The van der Waals surface area contributed by atoms with Gasteiger partial charge >= 0.3 is 0 Å². The van der Waals surface area contributed by atoms with Gasteiger partial charge in [0.15, 0.2) is 0 Å². The molecule has 2 rings (SSSR count). The third kappa shape index (κ3) is 2.99. The Kier molecular flexibility index (Phi) is 4.61. The molecule has 0 amide bonds. The second-order valence-electron chi connectivity index (χ2n) is 5.13. The standard InChI is InChI=1S/C16H23NO2/c1-5-17-9-16-14(10-18-4)13-8-12(11(2)3)6-7-15(13)19-16/h6-8,11,17H,5,9-10H2,1-4H3. The van der Waals surface area contributed by atoms with Crippen LogP contribution < -0.4 is 5.32 Å². The molecular weight excluding hydrogens is 238 g/mol. The summed E-state index contributed by atoms with van der Waals surface area (Å²) in [6.45, 7) is 8.78. The Labute approximate surface area is 114 Å². The largest absolute Gasteiger partial charge is 0.459 e. The molecule has 0 aliphatic rings. The lowest BCUT2D eigenvalue weighted by atomic mass is 10.0. The Morgan fingerprint density at radius 1 is 1.32 bits per heavy atom. The fourth-order valence-electron chi connectivity index (χ4n) is 2.26. The van der Waals surface area contributed by atoms with E-state index in [0.717, 1.165) is 24.4 Å². The monoisotopic (exact) mass is 261 g/mol. The minimum atomic E-state index is 0.520. The van der Waals surface area contributed by atoms with E-state index in [1.165, 1.54) is 16.5 Å². The van der Waals surface area contributed by atoms with Crippen LogP contribution in [0, 0.1) is 0 Å². The fraction of sp³-hybridized carbons (Fsp3) is 0.500. The first kappa shape index (κ1) is 14.1. The molecule has 0 saturated heterocycles. The minimum Gasteiger partial charge on any atom is -0.459 e. The summed E-state index contributed by atoms with van der Waals surface area (Å²) < 4.78 is 11.3. The van der Waals surface area contributed by atoms with Crippen LogP contribution in [0.2, 0.25) is 0 Å². The maximum Gasteiger partial charge on any atom is 0.134 e. The molecule has 0 unspecified atom stereocenters. The predicted octanol–water partition coefficient (Wildman–Crippen LogP) is 3.81.